The number of anilines is 1. The zero-order valence-corrected chi connectivity index (χ0v) is 15.7. The van der Waals surface area contributed by atoms with Crippen LogP contribution in [0.2, 0.25) is 0 Å². The van der Waals surface area contributed by atoms with Crippen LogP contribution in [0.15, 0.2) is 24.3 Å². The summed E-state index contributed by atoms with van der Waals surface area (Å²) in [6.45, 7) is 5.61. The number of fused-ring (bicyclic) bond motifs is 1. The number of nitrogens with zero attached hydrogens (tertiary/aromatic N) is 2. The lowest BCUT2D eigenvalue weighted by atomic mass is 9.85. The van der Waals surface area contributed by atoms with E-state index in [2.05, 4.69) is 48.1 Å². The van der Waals surface area contributed by atoms with Crippen LogP contribution in [0.3, 0.4) is 0 Å². The Hall–Kier alpha value is -1.77. The van der Waals surface area contributed by atoms with Crippen LogP contribution in [-0.4, -0.2) is 16.3 Å². The predicted octanol–water partition coefficient (Wildman–Crippen LogP) is 5.79. The maximum atomic E-state index is 5.22. The Kier molecular flexibility index (Phi) is 4.82. The molecule has 1 saturated carbocycles. The van der Waals surface area contributed by atoms with Gasteiger partial charge in [0, 0.05) is 18.0 Å². The third kappa shape index (κ3) is 3.21. The van der Waals surface area contributed by atoms with Crippen molar-refractivity contribution in [3.63, 3.8) is 0 Å². The Morgan fingerprint density at radius 3 is 2.64 bits per heavy atom. The normalized spacial score (nSPS) is 18.7. The van der Waals surface area contributed by atoms with E-state index < -0.39 is 0 Å². The standard InChI is InChI=1S/C22H31N3/c1-16(2)18-12-6-7-14-20(18)25-22-19(13-8-9-15-23-22)21(24-25)17-10-4-3-5-11-17/h6-7,12,14,16-17,23H,3-5,8-11,13,15H2,1-2H3. The first kappa shape index (κ1) is 16.7. The molecular weight excluding hydrogens is 306 g/mol. The third-order valence-corrected chi connectivity index (χ3v) is 5.94. The van der Waals surface area contributed by atoms with Gasteiger partial charge in [0.05, 0.1) is 11.4 Å². The van der Waals surface area contributed by atoms with Crippen LogP contribution in [0.25, 0.3) is 5.69 Å². The molecule has 0 unspecified atom stereocenters. The van der Waals surface area contributed by atoms with Crippen LogP contribution in [-0.2, 0) is 6.42 Å². The van der Waals surface area contributed by atoms with Crippen molar-refractivity contribution in [2.75, 3.05) is 11.9 Å². The van der Waals surface area contributed by atoms with Gasteiger partial charge < -0.3 is 5.32 Å². The summed E-state index contributed by atoms with van der Waals surface area (Å²) in [6.07, 6.45) is 10.5. The molecule has 1 aliphatic carbocycles. The molecule has 1 aliphatic heterocycles. The molecule has 0 bridgehead atoms. The minimum absolute atomic E-state index is 0.500. The fourth-order valence-corrected chi connectivity index (χ4v) is 4.58. The Bertz CT molecular complexity index is 723. The lowest BCUT2D eigenvalue weighted by Gasteiger charge is -2.20. The van der Waals surface area contributed by atoms with Gasteiger partial charge >= 0.3 is 0 Å². The van der Waals surface area contributed by atoms with Crippen molar-refractivity contribution in [1.82, 2.24) is 9.78 Å². The molecule has 2 aliphatic rings. The molecule has 2 heterocycles. The summed E-state index contributed by atoms with van der Waals surface area (Å²) in [5.41, 5.74) is 5.53. The van der Waals surface area contributed by atoms with Crippen molar-refractivity contribution in [2.24, 2.45) is 0 Å². The molecular formula is C22H31N3. The number of benzene rings is 1. The van der Waals surface area contributed by atoms with E-state index in [1.807, 2.05) is 0 Å². The van der Waals surface area contributed by atoms with Gasteiger partial charge in [0.15, 0.2) is 0 Å². The second-order valence-electron chi connectivity index (χ2n) is 8.06. The molecule has 0 radical (unpaired) electrons. The fraction of sp³-hybridized carbons (Fsp3) is 0.591. The molecule has 0 spiro atoms. The number of hydrogen-bond acceptors (Lipinski definition) is 2. The zero-order valence-electron chi connectivity index (χ0n) is 15.7. The molecule has 4 rings (SSSR count). The maximum Gasteiger partial charge on any atom is 0.133 e. The van der Waals surface area contributed by atoms with Gasteiger partial charge in [0.2, 0.25) is 0 Å². The van der Waals surface area contributed by atoms with E-state index in [4.69, 9.17) is 5.10 Å². The number of para-hydroxylation sites is 1. The predicted molar refractivity (Wildman–Crippen MR) is 105 cm³/mol. The van der Waals surface area contributed by atoms with Gasteiger partial charge in [-0.2, -0.15) is 5.10 Å². The van der Waals surface area contributed by atoms with Crippen LogP contribution in [0.1, 0.15) is 87.4 Å². The van der Waals surface area contributed by atoms with Crippen LogP contribution in [0.4, 0.5) is 5.82 Å². The van der Waals surface area contributed by atoms with Crippen LogP contribution >= 0.6 is 0 Å². The summed E-state index contributed by atoms with van der Waals surface area (Å²) >= 11 is 0. The van der Waals surface area contributed by atoms with Gasteiger partial charge in [-0.25, -0.2) is 4.68 Å². The van der Waals surface area contributed by atoms with Gasteiger partial charge in [-0.05, 0) is 49.7 Å². The number of rotatable bonds is 3. The molecule has 134 valence electrons. The largest absolute Gasteiger partial charge is 0.370 e. The first-order valence-electron chi connectivity index (χ1n) is 10.2. The average Bonchev–Trinajstić information content (AvgIpc) is 2.83. The third-order valence-electron chi connectivity index (χ3n) is 5.94. The lowest BCUT2D eigenvalue weighted by molar-refractivity contribution is 0.432. The first-order chi connectivity index (χ1) is 12.3. The average molecular weight is 338 g/mol. The van der Waals surface area contributed by atoms with Crippen molar-refractivity contribution in [3.05, 3.63) is 41.1 Å². The highest BCUT2D eigenvalue weighted by molar-refractivity contribution is 5.57. The molecule has 0 amide bonds. The van der Waals surface area contributed by atoms with Gasteiger partial charge in [-0.15, -0.1) is 0 Å². The van der Waals surface area contributed by atoms with Gasteiger partial charge in [-0.1, -0.05) is 51.3 Å². The van der Waals surface area contributed by atoms with Crippen molar-refractivity contribution in [1.29, 1.82) is 0 Å². The van der Waals surface area contributed by atoms with E-state index in [1.54, 1.807) is 0 Å². The van der Waals surface area contributed by atoms with Crippen LogP contribution in [0, 0.1) is 0 Å². The highest BCUT2D eigenvalue weighted by Crippen LogP contribution is 2.39. The topological polar surface area (TPSA) is 29.9 Å². The molecule has 1 aromatic carbocycles. The van der Waals surface area contributed by atoms with E-state index in [9.17, 15) is 0 Å². The molecule has 1 N–H and O–H groups in total. The first-order valence-corrected chi connectivity index (χ1v) is 10.2. The fourth-order valence-electron chi connectivity index (χ4n) is 4.58. The highest BCUT2D eigenvalue weighted by atomic mass is 15.3. The molecule has 1 aromatic heterocycles. The van der Waals surface area contributed by atoms with Crippen molar-refractivity contribution in [3.8, 4) is 5.69 Å². The molecule has 0 saturated heterocycles. The smallest absolute Gasteiger partial charge is 0.133 e. The number of nitrogens with one attached hydrogen (secondary N) is 1. The van der Waals surface area contributed by atoms with Gasteiger partial charge in [-0.3, -0.25) is 0 Å². The maximum absolute atomic E-state index is 5.22. The minimum Gasteiger partial charge on any atom is -0.370 e. The Morgan fingerprint density at radius 1 is 1.04 bits per heavy atom. The molecule has 3 heteroatoms. The molecule has 2 aromatic rings. The molecule has 1 fully saturated rings. The summed E-state index contributed by atoms with van der Waals surface area (Å²) < 4.78 is 2.24. The second kappa shape index (κ2) is 7.23. The van der Waals surface area contributed by atoms with E-state index in [0.29, 0.717) is 11.8 Å². The second-order valence-corrected chi connectivity index (χ2v) is 8.06. The quantitative estimate of drug-likeness (QED) is 0.768. The molecule has 25 heavy (non-hydrogen) atoms. The summed E-state index contributed by atoms with van der Waals surface area (Å²) in [6, 6.07) is 8.79. The van der Waals surface area contributed by atoms with Crippen LogP contribution in [0.5, 0.6) is 0 Å². The van der Waals surface area contributed by atoms with Gasteiger partial charge in [0.1, 0.15) is 5.82 Å². The molecule has 3 nitrogen and oxygen atoms in total. The lowest BCUT2D eigenvalue weighted by Crippen LogP contribution is -2.10. The minimum atomic E-state index is 0.500. The van der Waals surface area contributed by atoms with E-state index in [0.717, 1.165) is 6.54 Å². The Morgan fingerprint density at radius 2 is 1.84 bits per heavy atom. The monoisotopic (exact) mass is 337 g/mol. The Labute approximate surface area is 151 Å². The molecule has 0 atom stereocenters. The van der Waals surface area contributed by atoms with E-state index >= 15 is 0 Å². The highest BCUT2D eigenvalue weighted by Gasteiger charge is 2.27. The summed E-state index contributed by atoms with van der Waals surface area (Å²) in [5, 5.41) is 8.94. The summed E-state index contributed by atoms with van der Waals surface area (Å²) in [5.74, 6) is 2.43. The SMILES string of the molecule is CC(C)c1ccccc1-n1nc(C2CCCCC2)c2c1NCCCC2. The van der Waals surface area contributed by atoms with Gasteiger partial charge in [0.25, 0.3) is 0 Å². The summed E-state index contributed by atoms with van der Waals surface area (Å²) in [7, 11) is 0. The number of aromatic nitrogens is 2. The van der Waals surface area contributed by atoms with Crippen molar-refractivity contribution < 1.29 is 0 Å². The Balaban J connectivity index is 1.84. The van der Waals surface area contributed by atoms with Crippen molar-refractivity contribution in [2.45, 2.75) is 77.0 Å². The van der Waals surface area contributed by atoms with Crippen LogP contribution < -0.4 is 5.32 Å². The number of hydrogen-bond donors (Lipinski definition) is 1. The van der Waals surface area contributed by atoms with Crippen molar-refractivity contribution >= 4 is 5.82 Å². The summed E-state index contributed by atoms with van der Waals surface area (Å²) in [4.78, 5) is 0. The van der Waals surface area contributed by atoms with E-state index in [-0.39, 0.29) is 0 Å². The van der Waals surface area contributed by atoms with E-state index in [1.165, 1.54) is 79.7 Å². The zero-order chi connectivity index (χ0) is 17.2.